The molecule has 1 saturated heterocycles. The Morgan fingerprint density at radius 2 is 1.63 bits per heavy atom. The molecule has 5 atom stereocenters. The zero-order valence-electron chi connectivity index (χ0n) is 24.8. The number of nitrogens with zero attached hydrogens (tertiary/aromatic N) is 1. The number of rotatable bonds is 6. The number of urea groups is 1. The third kappa shape index (κ3) is 4.83. The van der Waals surface area contributed by atoms with Gasteiger partial charge in [0.15, 0.2) is 0 Å². The van der Waals surface area contributed by atoms with Crippen molar-refractivity contribution in [1.29, 1.82) is 0 Å². The fourth-order valence-electron chi connectivity index (χ4n) is 9.26. The van der Waals surface area contributed by atoms with E-state index >= 15 is 0 Å². The number of anilines is 2. The summed E-state index contributed by atoms with van der Waals surface area (Å²) in [7, 11) is 0. The van der Waals surface area contributed by atoms with E-state index in [9.17, 15) is 9.59 Å². The minimum atomic E-state index is -0.413. The largest absolute Gasteiger partial charge is 0.449 e. The monoisotopic (exact) mass is 555 g/mol. The summed E-state index contributed by atoms with van der Waals surface area (Å²) < 4.78 is 5.93. The number of hydrogen-bond donors (Lipinski definition) is 2. The fourth-order valence-corrected chi connectivity index (χ4v) is 9.26. The number of carbonyl (C=O) groups is 2. The molecule has 4 aliphatic rings. The van der Waals surface area contributed by atoms with E-state index in [1.807, 2.05) is 60.7 Å². The molecule has 218 valence electrons. The predicted octanol–water partition coefficient (Wildman–Crippen LogP) is 8.49. The Labute approximate surface area is 244 Å². The normalized spacial score (nSPS) is 30.4. The first-order chi connectivity index (χ1) is 19.8. The fraction of sp³-hybridized carbons (Fsp3) is 0.543. The molecule has 1 saturated carbocycles. The van der Waals surface area contributed by atoms with Crippen LogP contribution < -0.4 is 10.6 Å². The lowest BCUT2D eigenvalue weighted by molar-refractivity contribution is -0.162. The van der Waals surface area contributed by atoms with Crippen molar-refractivity contribution in [2.75, 3.05) is 23.8 Å². The highest BCUT2D eigenvalue weighted by atomic mass is 16.5. The number of carbonyl (C=O) groups excluding carboxylic acids is 2. The molecule has 0 spiro atoms. The Kier molecular flexibility index (Phi) is 7.60. The van der Waals surface area contributed by atoms with E-state index in [1.165, 1.54) is 12.8 Å². The average Bonchev–Trinajstić information content (AvgIpc) is 3.41. The van der Waals surface area contributed by atoms with Crippen LogP contribution >= 0.6 is 0 Å². The SMILES string of the molecule is CC(C)[C@H]1CC[C@@]2(C)[C@H]3CCC4=C(CCC4)[C@@]2(CCOC(=O)Nc2ccccc2)[C@H]1N(C(=O)Nc1ccccc1)C3. The van der Waals surface area contributed by atoms with Crippen LogP contribution in [0.4, 0.5) is 21.0 Å². The van der Waals surface area contributed by atoms with Crippen LogP contribution in [0.15, 0.2) is 71.8 Å². The smallest absolute Gasteiger partial charge is 0.411 e. The van der Waals surface area contributed by atoms with Crippen LogP contribution in [0.2, 0.25) is 0 Å². The summed E-state index contributed by atoms with van der Waals surface area (Å²) in [5, 5.41) is 6.14. The number of piperidine rings is 1. The van der Waals surface area contributed by atoms with Gasteiger partial charge in [0.05, 0.1) is 6.61 Å². The molecule has 6 nitrogen and oxygen atoms in total. The number of allylic oxidation sites excluding steroid dienone is 1. The van der Waals surface area contributed by atoms with E-state index < -0.39 is 6.09 Å². The molecular formula is C35H45N3O3. The van der Waals surface area contributed by atoms with Crippen LogP contribution in [0, 0.1) is 28.6 Å². The molecular weight excluding hydrogens is 510 g/mol. The highest BCUT2D eigenvalue weighted by Crippen LogP contribution is 2.70. The van der Waals surface area contributed by atoms with Crippen molar-refractivity contribution >= 4 is 23.5 Å². The van der Waals surface area contributed by atoms with Crippen molar-refractivity contribution in [3.63, 3.8) is 0 Å². The van der Waals surface area contributed by atoms with Crippen molar-refractivity contribution < 1.29 is 14.3 Å². The Morgan fingerprint density at radius 1 is 0.951 bits per heavy atom. The highest BCUT2D eigenvalue weighted by Gasteiger charge is 2.68. The molecule has 0 aromatic heterocycles. The zero-order chi connectivity index (χ0) is 28.6. The van der Waals surface area contributed by atoms with Crippen molar-refractivity contribution in [1.82, 2.24) is 4.90 Å². The van der Waals surface area contributed by atoms with Gasteiger partial charge in [0.1, 0.15) is 0 Å². The second kappa shape index (κ2) is 11.2. The van der Waals surface area contributed by atoms with E-state index in [2.05, 4.69) is 36.3 Å². The van der Waals surface area contributed by atoms with Gasteiger partial charge >= 0.3 is 12.1 Å². The second-order valence-electron chi connectivity index (χ2n) is 13.3. The molecule has 0 unspecified atom stereocenters. The summed E-state index contributed by atoms with van der Waals surface area (Å²) in [6.07, 6.45) is 8.36. The maximum absolute atomic E-state index is 14.2. The number of likely N-dealkylation sites (tertiary alicyclic amines) is 1. The zero-order valence-corrected chi connectivity index (χ0v) is 24.8. The van der Waals surface area contributed by atoms with Crippen LogP contribution in [-0.2, 0) is 4.74 Å². The molecule has 6 heteroatoms. The van der Waals surface area contributed by atoms with Crippen LogP contribution in [0.5, 0.6) is 0 Å². The number of ether oxygens (including phenoxy) is 1. The number of benzene rings is 2. The first kappa shape index (κ1) is 27.9. The lowest BCUT2D eigenvalue weighted by atomic mass is 9.42. The van der Waals surface area contributed by atoms with Gasteiger partial charge in [-0.05, 0) is 98.8 Å². The Bertz CT molecular complexity index is 1290. The van der Waals surface area contributed by atoms with Crippen molar-refractivity contribution in [3.05, 3.63) is 71.8 Å². The molecule has 3 aliphatic carbocycles. The molecule has 1 heterocycles. The molecule has 6 rings (SSSR count). The number of nitrogens with one attached hydrogen (secondary N) is 2. The van der Waals surface area contributed by atoms with Crippen LogP contribution in [0.1, 0.15) is 72.1 Å². The van der Waals surface area contributed by atoms with Gasteiger partial charge in [-0.1, -0.05) is 68.3 Å². The third-order valence-corrected chi connectivity index (χ3v) is 11.1. The van der Waals surface area contributed by atoms with Gasteiger partial charge in [0, 0.05) is 29.4 Å². The Morgan fingerprint density at radius 3 is 2.32 bits per heavy atom. The van der Waals surface area contributed by atoms with Crippen LogP contribution in [0.3, 0.4) is 0 Å². The summed E-state index contributed by atoms with van der Waals surface area (Å²) in [5.74, 6) is 1.24. The minimum Gasteiger partial charge on any atom is -0.449 e. The summed E-state index contributed by atoms with van der Waals surface area (Å²) in [6.45, 7) is 8.30. The summed E-state index contributed by atoms with van der Waals surface area (Å²) in [5.41, 5.74) is 4.66. The van der Waals surface area contributed by atoms with Crippen molar-refractivity contribution in [2.45, 2.75) is 78.2 Å². The standard InChI is InChI=1S/C35H45N3O3/c1-24(2)29-19-20-34(3)26-18-17-25-11-10-16-30(25)35(34,21-22-41-33(40)37-28-14-8-5-9-15-28)31(29)38(23-26)32(39)36-27-12-6-4-7-13-27/h4-9,12-15,24,26,29,31H,10-11,16-23H2,1-3H3,(H,36,39)(H,37,40)/t26-,29+,31-,34-,35-/m0/s1. The molecule has 1 aliphatic heterocycles. The van der Waals surface area contributed by atoms with Gasteiger partial charge < -0.3 is 15.0 Å². The first-order valence-corrected chi connectivity index (χ1v) is 15.7. The molecule has 41 heavy (non-hydrogen) atoms. The van der Waals surface area contributed by atoms with Gasteiger partial charge in [0.2, 0.25) is 0 Å². The maximum atomic E-state index is 14.2. The van der Waals surface area contributed by atoms with Crippen LogP contribution in [-0.4, -0.2) is 36.2 Å². The maximum Gasteiger partial charge on any atom is 0.411 e. The lowest BCUT2D eigenvalue weighted by Crippen LogP contribution is -2.71. The Balaban J connectivity index is 1.37. The van der Waals surface area contributed by atoms with E-state index in [0.717, 1.165) is 56.4 Å². The van der Waals surface area contributed by atoms with Gasteiger partial charge in [-0.25, -0.2) is 9.59 Å². The minimum absolute atomic E-state index is 0.00922. The molecule has 0 radical (unpaired) electrons. The van der Waals surface area contributed by atoms with Crippen LogP contribution in [0.25, 0.3) is 0 Å². The quantitative estimate of drug-likeness (QED) is 0.351. The van der Waals surface area contributed by atoms with Gasteiger partial charge in [-0.15, -0.1) is 0 Å². The number of hydrogen-bond acceptors (Lipinski definition) is 3. The van der Waals surface area contributed by atoms with Gasteiger partial charge in [0.25, 0.3) is 0 Å². The highest BCUT2D eigenvalue weighted by molar-refractivity contribution is 5.90. The molecule has 2 aromatic carbocycles. The van der Waals surface area contributed by atoms with E-state index in [4.69, 9.17) is 4.74 Å². The third-order valence-electron chi connectivity index (χ3n) is 11.1. The summed E-state index contributed by atoms with van der Waals surface area (Å²) >= 11 is 0. The second-order valence-corrected chi connectivity index (χ2v) is 13.3. The van der Waals surface area contributed by atoms with Crippen molar-refractivity contribution in [2.24, 2.45) is 28.6 Å². The van der Waals surface area contributed by atoms with Gasteiger partial charge in [-0.3, -0.25) is 5.32 Å². The van der Waals surface area contributed by atoms with Crippen molar-refractivity contribution in [3.8, 4) is 0 Å². The summed E-state index contributed by atoms with van der Waals surface area (Å²) in [4.78, 5) is 29.3. The van der Waals surface area contributed by atoms with Gasteiger partial charge in [-0.2, -0.15) is 0 Å². The topological polar surface area (TPSA) is 70.7 Å². The predicted molar refractivity (Wildman–Crippen MR) is 164 cm³/mol. The van der Waals surface area contributed by atoms with E-state index in [1.54, 1.807) is 11.1 Å². The first-order valence-electron chi connectivity index (χ1n) is 15.7. The number of amides is 3. The molecule has 4 bridgehead atoms. The Hall–Kier alpha value is -3.28. The van der Waals surface area contributed by atoms with E-state index in [-0.39, 0.29) is 22.9 Å². The molecule has 2 N–H and O–H groups in total. The number of para-hydroxylation sites is 2. The lowest BCUT2D eigenvalue weighted by Gasteiger charge is -2.68. The molecule has 2 fully saturated rings. The summed E-state index contributed by atoms with van der Waals surface area (Å²) in [6, 6.07) is 19.4. The molecule has 2 aromatic rings. The average molecular weight is 556 g/mol. The molecule has 3 amide bonds. The van der Waals surface area contributed by atoms with E-state index in [0.29, 0.717) is 24.4 Å².